The van der Waals surface area contributed by atoms with Crippen molar-refractivity contribution in [1.82, 2.24) is 15.2 Å². The monoisotopic (exact) mass is 343 g/mol. The Morgan fingerprint density at radius 2 is 2.19 bits per heavy atom. The number of hydrogen-bond acceptors (Lipinski definition) is 4. The molecule has 0 saturated carbocycles. The second-order valence-electron chi connectivity index (χ2n) is 6.15. The van der Waals surface area contributed by atoms with Crippen molar-refractivity contribution in [2.75, 3.05) is 18.0 Å². The number of nitriles is 1. The first-order valence-electron chi connectivity index (χ1n) is 8.38. The molecule has 0 spiro atoms. The number of aromatic nitrogens is 1. The van der Waals surface area contributed by atoms with E-state index in [0.717, 1.165) is 17.0 Å². The lowest BCUT2D eigenvalue weighted by molar-refractivity contribution is 0.204. The highest BCUT2D eigenvalue weighted by molar-refractivity contribution is 5.97. The summed E-state index contributed by atoms with van der Waals surface area (Å²) in [6, 6.07) is 12.9. The van der Waals surface area contributed by atoms with Gasteiger partial charge >= 0.3 is 6.03 Å². The van der Waals surface area contributed by atoms with E-state index in [1.165, 1.54) is 0 Å². The predicted molar refractivity (Wildman–Crippen MR) is 97.8 cm³/mol. The summed E-state index contributed by atoms with van der Waals surface area (Å²) in [6.45, 7) is 1.68. The quantitative estimate of drug-likeness (QED) is 0.930. The van der Waals surface area contributed by atoms with Crippen LogP contribution < -0.4 is 10.2 Å². The molecule has 0 bridgehead atoms. The van der Waals surface area contributed by atoms with Gasteiger partial charge in [0.2, 0.25) is 0 Å². The number of dihydropyridines is 1. The van der Waals surface area contributed by atoms with Gasteiger partial charge in [-0.1, -0.05) is 24.3 Å². The summed E-state index contributed by atoms with van der Waals surface area (Å²) >= 11 is 0. The molecule has 0 unspecified atom stereocenters. The topological polar surface area (TPSA) is 72.3 Å². The number of rotatable bonds is 3. The van der Waals surface area contributed by atoms with Crippen molar-refractivity contribution in [3.63, 3.8) is 0 Å². The van der Waals surface area contributed by atoms with Crippen LogP contribution in [0.4, 0.5) is 10.5 Å². The lowest BCUT2D eigenvalue weighted by Crippen LogP contribution is -2.51. The van der Waals surface area contributed by atoms with Crippen molar-refractivity contribution in [1.29, 1.82) is 5.26 Å². The molecule has 2 amide bonds. The Hall–Kier alpha value is -3.59. The van der Waals surface area contributed by atoms with Gasteiger partial charge in [0.15, 0.2) is 0 Å². The van der Waals surface area contributed by atoms with E-state index >= 15 is 0 Å². The van der Waals surface area contributed by atoms with Crippen LogP contribution in [0.1, 0.15) is 11.1 Å². The molecule has 0 atom stereocenters. The maximum atomic E-state index is 13.2. The fraction of sp³-hybridized carbons (Fsp3) is 0.150. The SMILES string of the molecule is N#Cc1cccc(N2C(=O)N(Cc3cccnc3)CC3=C2NCC=C3)c1. The number of amides is 2. The fourth-order valence-corrected chi connectivity index (χ4v) is 3.20. The third kappa shape index (κ3) is 2.91. The average Bonchev–Trinajstić information content (AvgIpc) is 2.69. The number of urea groups is 1. The van der Waals surface area contributed by atoms with Crippen LogP contribution >= 0.6 is 0 Å². The van der Waals surface area contributed by atoms with Crippen LogP contribution in [0.2, 0.25) is 0 Å². The van der Waals surface area contributed by atoms with Gasteiger partial charge in [0.1, 0.15) is 5.82 Å². The molecule has 1 aromatic carbocycles. The number of nitrogens with zero attached hydrogens (tertiary/aromatic N) is 4. The Balaban J connectivity index is 1.73. The molecule has 3 heterocycles. The molecule has 2 aliphatic heterocycles. The zero-order chi connectivity index (χ0) is 17.9. The second-order valence-corrected chi connectivity index (χ2v) is 6.15. The van der Waals surface area contributed by atoms with E-state index in [0.29, 0.717) is 30.9 Å². The van der Waals surface area contributed by atoms with Gasteiger partial charge < -0.3 is 10.2 Å². The molecule has 2 aliphatic rings. The standard InChI is InChI=1S/C20H17N5O/c21-11-15-4-1-7-18(10-15)25-19-17(6-3-9-23-19)14-24(20(25)26)13-16-5-2-8-22-12-16/h1-8,10,12,23H,9,13-14H2. The number of hydrogen-bond donors (Lipinski definition) is 1. The summed E-state index contributed by atoms with van der Waals surface area (Å²) in [5.74, 6) is 0.787. The second kappa shape index (κ2) is 6.73. The third-order valence-electron chi connectivity index (χ3n) is 4.39. The lowest BCUT2D eigenvalue weighted by atomic mass is 10.1. The maximum Gasteiger partial charge on any atom is 0.330 e. The fourth-order valence-electron chi connectivity index (χ4n) is 3.20. The molecule has 6 heteroatoms. The smallest absolute Gasteiger partial charge is 0.330 e. The summed E-state index contributed by atoms with van der Waals surface area (Å²) in [5, 5.41) is 12.5. The highest BCUT2D eigenvalue weighted by Crippen LogP contribution is 2.29. The van der Waals surface area contributed by atoms with Crippen LogP contribution in [-0.2, 0) is 6.54 Å². The Morgan fingerprint density at radius 3 is 3.00 bits per heavy atom. The lowest BCUT2D eigenvalue weighted by Gasteiger charge is -2.39. The molecule has 0 saturated heterocycles. The summed E-state index contributed by atoms with van der Waals surface area (Å²) in [7, 11) is 0. The number of pyridine rings is 1. The Bertz CT molecular complexity index is 942. The van der Waals surface area contributed by atoms with Crippen molar-refractivity contribution in [2.24, 2.45) is 0 Å². The van der Waals surface area contributed by atoms with Gasteiger partial charge in [0.05, 0.1) is 23.9 Å². The highest BCUT2D eigenvalue weighted by atomic mass is 16.2. The van der Waals surface area contributed by atoms with E-state index in [1.54, 1.807) is 40.4 Å². The van der Waals surface area contributed by atoms with E-state index in [2.05, 4.69) is 22.4 Å². The molecule has 1 N–H and O–H groups in total. The number of carbonyl (C=O) groups is 1. The number of anilines is 1. The molecular weight excluding hydrogens is 326 g/mol. The number of benzene rings is 1. The van der Waals surface area contributed by atoms with Crippen LogP contribution in [0.3, 0.4) is 0 Å². The zero-order valence-corrected chi connectivity index (χ0v) is 14.1. The molecular formula is C20H17N5O. The largest absolute Gasteiger partial charge is 0.367 e. The van der Waals surface area contributed by atoms with Crippen LogP contribution in [0, 0.1) is 11.3 Å². The van der Waals surface area contributed by atoms with E-state index in [-0.39, 0.29) is 6.03 Å². The normalized spacial score (nSPS) is 16.2. The van der Waals surface area contributed by atoms with Crippen LogP contribution in [0.25, 0.3) is 0 Å². The van der Waals surface area contributed by atoms with Gasteiger partial charge in [-0.2, -0.15) is 5.26 Å². The minimum atomic E-state index is -0.120. The van der Waals surface area contributed by atoms with Gasteiger partial charge in [-0.15, -0.1) is 0 Å². The molecule has 4 rings (SSSR count). The number of carbonyl (C=O) groups excluding carboxylic acids is 1. The third-order valence-corrected chi connectivity index (χ3v) is 4.39. The zero-order valence-electron chi connectivity index (χ0n) is 14.1. The van der Waals surface area contributed by atoms with Gasteiger partial charge in [-0.05, 0) is 29.8 Å². The van der Waals surface area contributed by atoms with E-state index in [9.17, 15) is 10.1 Å². The minimum Gasteiger partial charge on any atom is -0.367 e. The van der Waals surface area contributed by atoms with Crippen molar-refractivity contribution >= 4 is 11.7 Å². The van der Waals surface area contributed by atoms with Gasteiger partial charge in [-0.25, -0.2) is 9.69 Å². The molecule has 128 valence electrons. The minimum absolute atomic E-state index is 0.120. The molecule has 1 aromatic heterocycles. The molecule has 0 fully saturated rings. The van der Waals surface area contributed by atoms with Crippen molar-refractivity contribution in [3.05, 3.63) is 83.5 Å². The van der Waals surface area contributed by atoms with Crippen molar-refractivity contribution < 1.29 is 4.79 Å². The molecule has 6 nitrogen and oxygen atoms in total. The van der Waals surface area contributed by atoms with Crippen LogP contribution in [-0.4, -0.2) is 29.0 Å². The average molecular weight is 343 g/mol. The van der Waals surface area contributed by atoms with E-state index in [1.807, 2.05) is 24.3 Å². The van der Waals surface area contributed by atoms with Crippen LogP contribution in [0.5, 0.6) is 0 Å². The van der Waals surface area contributed by atoms with Gasteiger partial charge in [0.25, 0.3) is 0 Å². The summed E-state index contributed by atoms with van der Waals surface area (Å²) in [5.41, 5.74) is 3.22. The highest BCUT2D eigenvalue weighted by Gasteiger charge is 2.33. The Labute approximate surface area is 151 Å². The maximum absolute atomic E-state index is 13.2. The van der Waals surface area contributed by atoms with Gasteiger partial charge in [-0.3, -0.25) is 4.98 Å². The number of nitrogens with one attached hydrogen (secondary N) is 1. The molecule has 26 heavy (non-hydrogen) atoms. The van der Waals surface area contributed by atoms with Gasteiger partial charge in [0, 0.05) is 31.1 Å². The Morgan fingerprint density at radius 1 is 1.27 bits per heavy atom. The molecule has 0 aliphatic carbocycles. The van der Waals surface area contributed by atoms with E-state index in [4.69, 9.17) is 0 Å². The summed E-state index contributed by atoms with van der Waals surface area (Å²) < 4.78 is 0. The predicted octanol–water partition coefficient (Wildman–Crippen LogP) is 2.77. The first-order valence-corrected chi connectivity index (χ1v) is 8.38. The van der Waals surface area contributed by atoms with Crippen molar-refractivity contribution in [2.45, 2.75) is 6.54 Å². The first kappa shape index (κ1) is 15.9. The molecule has 0 radical (unpaired) electrons. The van der Waals surface area contributed by atoms with Crippen molar-refractivity contribution in [3.8, 4) is 6.07 Å². The summed E-state index contributed by atoms with van der Waals surface area (Å²) in [4.78, 5) is 20.8. The Kier molecular flexibility index (Phi) is 4.12. The van der Waals surface area contributed by atoms with Crippen LogP contribution in [0.15, 0.2) is 72.3 Å². The summed E-state index contributed by atoms with van der Waals surface area (Å²) in [6.07, 6.45) is 7.58. The van der Waals surface area contributed by atoms with E-state index < -0.39 is 0 Å². The molecule has 2 aromatic rings. The first-order chi connectivity index (χ1) is 12.8.